The summed E-state index contributed by atoms with van der Waals surface area (Å²) in [6.45, 7) is -0.858. The lowest BCUT2D eigenvalue weighted by molar-refractivity contribution is -0.144. The molecule has 0 aliphatic rings. The molecule has 0 aromatic carbocycles. The first kappa shape index (κ1) is 14.7. The summed E-state index contributed by atoms with van der Waals surface area (Å²) in [5.41, 5.74) is 0.636. The molecule has 1 heterocycles. The van der Waals surface area contributed by atoms with Gasteiger partial charge < -0.3 is 5.11 Å². The number of aliphatic carboxylic acids is 1. The van der Waals surface area contributed by atoms with Crippen molar-refractivity contribution in [3.63, 3.8) is 0 Å². The van der Waals surface area contributed by atoms with Crippen LogP contribution in [0.15, 0.2) is 17.5 Å². The van der Waals surface area contributed by atoms with Crippen LogP contribution in [0, 0.1) is 0 Å². The Morgan fingerprint density at radius 3 is 2.78 bits per heavy atom. The van der Waals surface area contributed by atoms with E-state index in [-0.39, 0.29) is 6.54 Å². The molecule has 1 rings (SSSR count). The minimum Gasteiger partial charge on any atom is -0.478 e. The number of hydrogen-bond acceptors (Lipinski definition) is 3. The van der Waals surface area contributed by atoms with Crippen LogP contribution in [0.2, 0.25) is 0 Å². The molecule has 0 saturated carbocycles. The molecule has 0 bridgehead atoms. The van der Waals surface area contributed by atoms with E-state index in [2.05, 4.69) is 0 Å². The van der Waals surface area contributed by atoms with Crippen LogP contribution in [0.1, 0.15) is 10.4 Å². The van der Waals surface area contributed by atoms with E-state index in [1.807, 2.05) is 0 Å². The molecule has 1 aromatic rings. The van der Waals surface area contributed by atoms with Gasteiger partial charge >= 0.3 is 12.1 Å². The van der Waals surface area contributed by atoms with Crippen molar-refractivity contribution in [1.29, 1.82) is 0 Å². The molecule has 0 amide bonds. The van der Waals surface area contributed by atoms with Crippen molar-refractivity contribution in [2.24, 2.45) is 0 Å². The van der Waals surface area contributed by atoms with Gasteiger partial charge in [-0.1, -0.05) is 0 Å². The van der Waals surface area contributed by atoms with Gasteiger partial charge in [0, 0.05) is 17.5 Å². The first-order chi connectivity index (χ1) is 8.28. The SMILES string of the molecule is CN(Cc1sccc1C=CC(=O)O)CC(F)(F)F. The minimum atomic E-state index is -4.23. The molecular weight excluding hydrogens is 267 g/mol. The van der Waals surface area contributed by atoms with Crippen LogP contribution in [0.25, 0.3) is 6.08 Å². The van der Waals surface area contributed by atoms with Gasteiger partial charge in [-0.2, -0.15) is 13.2 Å². The van der Waals surface area contributed by atoms with Gasteiger partial charge in [-0.05, 0) is 30.1 Å². The molecule has 0 aliphatic carbocycles. The van der Waals surface area contributed by atoms with E-state index >= 15 is 0 Å². The van der Waals surface area contributed by atoms with E-state index < -0.39 is 18.7 Å². The Hall–Kier alpha value is -1.34. The predicted octanol–water partition coefficient (Wildman–Crippen LogP) is 2.84. The Bertz CT molecular complexity index is 440. The minimum absolute atomic E-state index is 0.135. The quantitative estimate of drug-likeness (QED) is 0.843. The molecule has 18 heavy (non-hydrogen) atoms. The fourth-order valence-corrected chi connectivity index (χ4v) is 2.34. The van der Waals surface area contributed by atoms with Gasteiger partial charge in [-0.25, -0.2) is 4.79 Å². The predicted molar refractivity (Wildman–Crippen MR) is 63.4 cm³/mol. The molecule has 3 nitrogen and oxygen atoms in total. The fraction of sp³-hybridized carbons (Fsp3) is 0.364. The van der Waals surface area contributed by atoms with Crippen LogP contribution >= 0.6 is 11.3 Å². The molecule has 0 radical (unpaired) electrons. The highest BCUT2D eigenvalue weighted by molar-refractivity contribution is 7.10. The third-order valence-electron chi connectivity index (χ3n) is 2.05. The van der Waals surface area contributed by atoms with Crippen molar-refractivity contribution in [1.82, 2.24) is 4.90 Å². The van der Waals surface area contributed by atoms with Crippen molar-refractivity contribution in [3.8, 4) is 0 Å². The number of carboxylic acids is 1. The third-order valence-corrected chi connectivity index (χ3v) is 2.97. The number of thiophene rings is 1. The average Bonchev–Trinajstić information content (AvgIpc) is 2.59. The van der Waals surface area contributed by atoms with Gasteiger partial charge in [0.25, 0.3) is 0 Å². The van der Waals surface area contributed by atoms with Crippen LogP contribution in [-0.2, 0) is 11.3 Å². The monoisotopic (exact) mass is 279 g/mol. The van der Waals surface area contributed by atoms with Crippen LogP contribution in [-0.4, -0.2) is 35.7 Å². The summed E-state index contributed by atoms with van der Waals surface area (Å²) in [4.78, 5) is 12.2. The molecule has 0 spiro atoms. The smallest absolute Gasteiger partial charge is 0.401 e. The van der Waals surface area contributed by atoms with Gasteiger partial charge in [0.2, 0.25) is 0 Å². The zero-order chi connectivity index (χ0) is 13.8. The zero-order valence-electron chi connectivity index (χ0n) is 9.57. The summed E-state index contributed by atoms with van der Waals surface area (Å²) in [5.74, 6) is -1.09. The number of carbonyl (C=O) groups is 1. The van der Waals surface area contributed by atoms with Crippen molar-refractivity contribution in [2.75, 3.05) is 13.6 Å². The molecule has 1 aromatic heterocycles. The summed E-state index contributed by atoms with van der Waals surface area (Å²) < 4.78 is 36.5. The summed E-state index contributed by atoms with van der Waals surface area (Å²) >= 11 is 1.30. The summed E-state index contributed by atoms with van der Waals surface area (Å²) in [5, 5.41) is 10.2. The van der Waals surface area contributed by atoms with Gasteiger partial charge in [-0.15, -0.1) is 11.3 Å². The number of rotatable bonds is 5. The standard InChI is InChI=1S/C11H12F3NO2S/c1-15(7-11(12,13)14)6-9-8(4-5-18-9)2-3-10(16)17/h2-5H,6-7H2,1H3,(H,16,17). The van der Waals surface area contributed by atoms with E-state index in [1.54, 1.807) is 11.4 Å². The maximum Gasteiger partial charge on any atom is 0.401 e. The Morgan fingerprint density at radius 2 is 2.22 bits per heavy atom. The van der Waals surface area contributed by atoms with Gasteiger partial charge in [0.1, 0.15) is 0 Å². The molecular formula is C11H12F3NO2S. The van der Waals surface area contributed by atoms with E-state index in [9.17, 15) is 18.0 Å². The highest BCUT2D eigenvalue weighted by Crippen LogP contribution is 2.22. The summed E-state index contributed by atoms with van der Waals surface area (Å²) in [6.07, 6.45) is -1.88. The first-order valence-corrected chi connectivity index (χ1v) is 5.88. The highest BCUT2D eigenvalue weighted by Gasteiger charge is 2.29. The maximum absolute atomic E-state index is 12.2. The van der Waals surface area contributed by atoms with E-state index in [1.165, 1.54) is 24.5 Å². The topological polar surface area (TPSA) is 40.5 Å². The van der Waals surface area contributed by atoms with E-state index in [0.29, 0.717) is 10.4 Å². The Labute approximate surface area is 106 Å². The summed E-state index contributed by atoms with van der Waals surface area (Å²) in [6, 6.07) is 1.68. The van der Waals surface area contributed by atoms with Gasteiger partial charge in [-0.3, -0.25) is 4.90 Å². The second-order valence-corrected chi connectivity index (χ2v) is 4.76. The Morgan fingerprint density at radius 1 is 1.56 bits per heavy atom. The molecule has 0 saturated heterocycles. The third kappa shape index (κ3) is 5.33. The zero-order valence-corrected chi connectivity index (χ0v) is 10.4. The lowest BCUT2D eigenvalue weighted by Gasteiger charge is -2.18. The maximum atomic E-state index is 12.2. The molecule has 0 atom stereocenters. The lowest BCUT2D eigenvalue weighted by Crippen LogP contribution is -2.30. The van der Waals surface area contributed by atoms with Crippen molar-refractivity contribution >= 4 is 23.4 Å². The second-order valence-electron chi connectivity index (χ2n) is 3.76. The van der Waals surface area contributed by atoms with E-state index in [4.69, 9.17) is 5.11 Å². The number of nitrogens with zero attached hydrogens (tertiary/aromatic N) is 1. The first-order valence-electron chi connectivity index (χ1n) is 5.00. The largest absolute Gasteiger partial charge is 0.478 e. The molecule has 0 aliphatic heterocycles. The molecule has 100 valence electrons. The number of hydrogen-bond donors (Lipinski definition) is 1. The number of halogens is 3. The molecule has 7 heteroatoms. The van der Waals surface area contributed by atoms with Gasteiger partial charge in [0.05, 0.1) is 6.54 Å². The molecule has 0 unspecified atom stereocenters. The normalized spacial score (nSPS) is 12.5. The lowest BCUT2D eigenvalue weighted by atomic mass is 10.2. The van der Waals surface area contributed by atoms with Crippen molar-refractivity contribution < 1.29 is 23.1 Å². The second kappa shape index (κ2) is 6.01. The van der Waals surface area contributed by atoms with Crippen LogP contribution < -0.4 is 0 Å². The van der Waals surface area contributed by atoms with Gasteiger partial charge in [0.15, 0.2) is 0 Å². The fourth-order valence-electron chi connectivity index (χ4n) is 1.40. The number of carboxylic acid groups (broad SMARTS) is 1. The number of alkyl halides is 3. The average molecular weight is 279 g/mol. The van der Waals surface area contributed by atoms with Crippen LogP contribution in [0.4, 0.5) is 13.2 Å². The summed E-state index contributed by atoms with van der Waals surface area (Å²) in [7, 11) is 1.37. The Kier molecular flexibility index (Phi) is 4.92. The molecule has 0 fully saturated rings. The van der Waals surface area contributed by atoms with Crippen LogP contribution in [0.5, 0.6) is 0 Å². The molecule has 1 N–H and O–H groups in total. The van der Waals surface area contributed by atoms with Crippen molar-refractivity contribution in [3.05, 3.63) is 28.0 Å². The highest BCUT2D eigenvalue weighted by atomic mass is 32.1. The van der Waals surface area contributed by atoms with E-state index in [0.717, 1.165) is 11.0 Å². The Balaban J connectivity index is 2.68. The van der Waals surface area contributed by atoms with Crippen molar-refractivity contribution in [2.45, 2.75) is 12.7 Å². The van der Waals surface area contributed by atoms with Crippen LogP contribution in [0.3, 0.4) is 0 Å².